The number of amides is 1. The van der Waals surface area contributed by atoms with Gasteiger partial charge in [0.15, 0.2) is 0 Å². The minimum atomic E-state index is -0.498. The van der Waals surface area contributed by atoms with Crippen molar-refractivity contribution in [2.45, 2.75) is 6.54 Å². The molecular formula is C17H14N4O3. The van der Waals surface area contributed by atoms with Crippen LogP contribution in [0.15, 0.2) is 67.3 Å². The third-order valence-corrected chi connectivity index (χ3v) is 3.52. The van der Waals surface area contributed by atoms with Crippen molar-refractivity contribution < 1.29 is 9.72 Å². The highest BCUT2D eigenvalue weighted by atomic mass is 16.6. The van der Waals surface area contributed by atoms with Gasteiger partial charge < -0.3 is 9.88 Å². The molecule has 0 fully saturated rings. The van der Waals surface area contributed by atoms with Gasteiger partial charge in [-0.2, -0.15) is 0 Å². The molecule has 2 aromatic carbocycles. The summed E-state index contributed by atoms with van der Waals surface area (Å²) in [7, 11) is 0. The lowest BCUT2D eigenvalue weighted by atomic mass is 10.1. The van der Waals surface area contributed by atoms with E-state index in [1.54, 1.807) is 12.5 Å². The number of carbonyl (C=O) groups excluding carboxylic acids is 1. The average Bonchev–Trinajstić information content (AvgIpc) is 3.10. The van der Waals surface area contributed by atoms with E-state index in [1.807, 2.05) is 35.0 Å². The number of imidazole rings is 1. The third kappa shape index (κ3) is 3.46. The van der Waals surface area contributed by atoms with Gasteiger partial charge >= 0.3 is 0 Å². The minimum Gasteiger partial charge on any atom is -0.333 e. The lowest BCUT2D eigenvalue weighted by Gasteiger charge is -2.11. The Labute approximate surface area is 137 Å². The van der Waals surface area contributed by atoms with Crippen LogP contribution in [0.25, 0.3) is 0 Å². The molecule has 7 heteroatoms. The molecule has 0 atom stereocenters. The van der Waals surface area contributed by atoms with Crippen LogP contribution in [0.5, 0.6) is 0 Å². The van der Waals surface area contributed by atoms with E-state index < -0.39 is 4.92 Å². The lowest BCUT2D eigenvalue weighted by molar-refractivity contribution is -0.384. The largest absolute Gasteiger partial charge is 0.333 e. The zero-order valence-electron chi connectivity index (χ0n) is 12.6. The lowest BCUT2D eigenvalue weighted by Crippen LogP contribution is -2.14. The SMILES string of the molecule is O=C(Nc1ccccc1Cn1ccnc1)c1ccc([N+](=O)[O-])cc1. The van der Waals surface area contributed by atoms with Gasteiger partial charge in [0.05, 0.1) is 17.8 Å². The van der Waals surface area contributed by atoms with E-state index in [4.69, 9.17) is 0 Å². The summed E-state index contributed by atoms with van der Waals surface area (Å²) in [6, 6.07) is 13.0. The van der Waals surface area contributed by atoms with Gasteiger partial charge in [-0.1, -0.05) is 18.2 Å². The number of non-ortho nitro benzene ring substituents is 1. The molecule has 0 spiro atoms. The number of nitrogens with one attached hydrogen (secondary N) is 1. The molecule has 0 bridgehead atoms. The van der Waals surface area contributed by atoms with Crippen molar-refractivity contribution >= 4 is 17.3 Å². The monoisotopic (exact) mass is 322 g/mol. The molecule has 0 aliphatic heterocycles. The predicted molar refractivity (Wildman–Crippen MR) is 88.8 cm³/mol. The molecule has 0 aliphatic rings. The maximum atomic E-state index is 12.3. The van der Waals surface area contributed by atoms with Gasteiger partial charge in [0, 0.05) is 35.8 Å². The minimum absolute atomic E-state index is 0.0490. The number of benzene rings is 2. The van der Waals surface area contributed by atoms with Crippen LogP contribution in [0.3, 0.4) is 0 Å². The average molecular weight is 322 g/mol. The highest BCUT2D eigenvalue weighted by molar-refractivity contribution is 6.04. The van der Waals surface area contributed by atoms with Gasteiger partial charge in [-0.3, -0.25) is 14.9 Å². The van der Waals surface area contributed by atoms with Gasteiger partial charge in [-0.05, 0) is 23.8 Å². The zero-order valence-corrected chi connectivity index (χ0v) is 12.6. The maximum absolute atomic E-state index is 12.3. The first-order valence-corrected chi connectivity index (χ1v) is 7.23. The van der Waals surface area contributed by atoms with Crippen LogP contribution >= 0.6 is 0 Å². The van der Waals surface area contributed by atoms with E-state index in [-0.39, 0.29) is 11.6 Å². The first-order chi connectivity index (χ1) is 11.6. The van der Waals surface area contributed by atoms with Gasteiger partial charge in [-0.15, -0.1) is 0 Å². The van der Waals surface area contributed by atoms with Crippen LogP contribution in [0.2, 0.25) is 0 Å². The van der Waals surface area contributed by atoms with E-state index in [2.05, 4.69) is 10.3 Å². The summed E-state index contributed by atoms with van der Waals surface area (Å²) in [5, 5.41) is 13.5. The highest BCUT2D eigenvalue weighted by Crippen LogP contribution is 2.18. The molecule has 0 saturated carbocycles. The van der Waals surface area contributed by atoms with E-state index >= 15 is 0 Å². The van der Waals surface area contributed by atoms with Crippen molar-refractivity contribution in [1.82, 2.24) is 9.55 Å². The van der Waals surface area contributed by atoms with Crippen molar-refractivity contribution in [1.29, 1.82) is 0 Å². The van der Waals surface area contributed by atoms with Gasteiger partial charge in [-0.25, -0.2) is 4.98 Å². The quantitative estimate of drug-likeness (QED) is 0.577. The summed E-state index contributed by atoms with van der Waals surface area (Å²) in [5.41, 5.74) is 1.94. The molecule has 1 N–H and O–H groups in total. The van der Waals surface area contributed by atoms with E-state index in [0.717, 1.165) is 5.56 Å². The van der Waals surface area contributed by atoms with Crippen molar-refractivity contribution in [3.63, 3.8) is 0 Å². The second kappa shape index (κ2) is 6.74. The second-order valence-corrected chi connectivity index (χ2v) is 5.15. The molecule has 1 heterocycles. The Morgan fingerprint density at radius 2 is 1.92 bits per heavy atom. The molecule has 120 valence electrons. The number of aromatic nitrogens is 2. The summed E-state index contributed by atoms with van der Waals surface area (Å²) in [5.74, 6) is -0.317. The Bertz CT molecular complexity index is 858. The number of hydrogen-bond donors (Lipinski definition) is 1. The fraction of sp³-hybridized carbons (Fsp3) is 0.0588. The Morgan fingerprint density at radius 1 is 1.17 bits per heavy atom. The normalized spacial score (nSPS) is 10.3. The smallest absolute Gasteiger partial charge is 0.269 e. The number of para-hydroxylation sites is 1. The Morgan fingerprint density at radius 3 is 2.58 bits per heavy atom. The summed E-state index contributed by atoms with van der Waals surface area (Å²) in [6.07, 6.45) is 5.24. The molecule has 0 unspecified atom stereocenters. The topological polar surface area (TPSA) is 90.1 Å². The fourth-order valence-corrected chi connectivity index (χ4v) is 2.29. The molecule has 24 heavy (non-hydrogen) atoms. The first-order valence-electron chi connectivity index (χ1n) is 7.23. The summed E-state index contributed by atoms with van der Waals surface area (Å²) in [6.45, 7) is 0.580. The molecule has 0 radical (unpaired) electrons. The van der Waals surface area contributed by atoms with E-state index in [9.17, 15) is 14.9 Å². The molecule has 1 aromatic heterocycles. The number of nitro benzene ring substituents is 1. The fourth-order valence-electron chi connectivity index (χ4n) is 2.29. The van der Waals surface area contributed by atoms with Crippen LogP contribution in [-0.2, 0) is 6.54 Å². The predicted octanol–water partition coefficient (Wildman–Crippen LogP) is 3.09. The van der Waals surface area contributed by atoms with Crippen LogP contribution in [0.1, 0.15) is 15.9 Å². The second-order valence-electron chi connectivity index (χ2n) is 5.15. The van der Waals surface area contributed by atoms with Crippen LogP contribution in [0.4, 0.5) is 11.4 Å². The van der Waals surface area contributed by atoms with Crippen LogP contribution < -0.4 is 5.32 Å². The first kappa shape index (κ1) is 15.4. The zero-order chi connectivity index (χ0) is 16.9. The Kier molecular flexibility index (Phi) is 4.33. The number of anilines is 1. The number of rotatable bonds is 5. The molecule has 0 saturated heterocycles. The third-order valence-electron chi connectivity index (χ3n) is 3.52. The summed E-state index contributed by atoms with van der Waals surface area (Å²) >= 11 is 0. The van der Waals surface area contributed by atoms with Crippen molar-refractivity contribution in [2.24, 2.45) is 0 Å². The molecule has 7 nitrogen and oxygen atoms in total. The van der Waals surface area contributed by atoms with Crippen molar-refractivity contribution in [3.8, 4) is 0 Å². The van der Waals surface area contributed by atoms with Gasteiger partial charge in [0.1, 0.15) is 0 Å². The van der Waals surface area contributed by atoms with Crippen LogP contribution in [-0.4, -0.2) is 20.4 Å². The Balaban J connectivity index is 1.78. The number of carbonyl (C=O) groups is 1. The number of hydrogen-bond acceptors (Lipinski definition) is 4. The number of nitro groups is 1. The van der Waals surface area contributed by atoms with Gasteiger partial charge in [0.25, 0.3) is 11.6 Å². The van der Waals surface area contributed by atoms with Crippen molar-refractivity contribution in [2.75, 3.05) is 5.32 Å². The van der Waals surface area contributed by atoms with Crippen LogP contribution in [0, 0.1) is 10.1 Å². The number of nitrogens with zero attached hydrogens (tertiary/aromatic N) is 3. The molecule has 3 aromatic rings. The standard InChI is InChI=1S/C17H14N4O3/c22-17(13-5-7-15(8-6-13)21(23)24)19-16-4-2-1-3-14(16)11-20-10-9-18-12-20/h1-10,12H,11H2,(H,19,22). The molecular weight excluding hydrogens is 308 g/mol. The van der Waals surface area contributed by atoms with Gasteiger partial charge in [0.2, 0.25) is 0 Å². The van der Waals surface area contributed by atoms with Crippen molar-refractivity contribution in [3.05, 3.63) is 88.5 Å². The molecule has 3 rings (SSSR count). The van der Waals surface area contributed by atoms with E-state index in [1.165, 1.54) is 24.3 Å². The molecule has 0 aliphatic carbocycles. The molecule has 1 amide bonds. The van der Waals surface area contributed by atoms with E-state index in [0.29, 0.717) is 17.8 Å². The maximum Gasteiger partial charge on any atom is 0.269 e. The summed E-state index contributed by atoms with van der Waals surface area (Å²) in [4.78, 5) is 26.5. The highest BCUT2D eigenvalue weighted by Gasteiger charge is 2.11. The summed E-state index contributed by atoms with van der Waals surface area (Å²) < 4.78 is 1.90. The Hall–Kier alpha value is -3.48.